The Kier molecular flexibility index (Phi) is 10.1. The zero-order valence-corrected chi connectivity index (χ0v) is 23.9. The van der Waals surface area contributed by atoms with Crippen molar-refractivity contribution in [2.75, 3.05) is 6.61 Å². The summed E-state index contributed by atoms with van der Waals surface area (Å²) in [5.41, 5.74) is 5.89. The number of carbonyl (C=O) groups is 2. The molecule has 2 aromatic carbocycles. The van der Waals surface area contributed by atoms with E-state index in [0.717, 1.165) is 47.3 Å². The molecule has 6 rings (SSSR count). The number of rotatable bonds is 5. The molecule has 4 heterocycles. The number of hydrogen-bond donors (Lipinski definition) is 3. The fourth-order valence-corrected chi connectivity index (χ4v) is 6.06. The molecule has 200 valence electrons. The summed E-state index contributed by atoms with van der Waals surface area (Å²) in [5.74, 6) is -1.27. The van der Waals surface area contributed by atoms with Gasteiger partial charge in [-0.15, -0.1) is 22.7 Å². The van der Waals surface area contributed by atoms with Crippen LogP contribution in [-0.2, 0) is 4.74 Å². The zero-order chi connectivity index (χ0) is 26.8. The summed E-state index contributed by atoms with van der Waals surface area (Å²) in [4.78, 5) is 37.7. The molecule has 9 nitrogen and oxygen atoms in total. The van der Waals surface area contributed by atoms with Gasteiger partial charge in [0.05, 0.1) is 16.0 Å². The predicted molar refractivity (Wildman–Crippen MR) is 153 cm³/mol. The number of thiazole rings is 2. The van der Waals surface area contributed by atoms with Crippen LogP contribution in [0.3, 0.4) is 0 Å². The fraction of sp³-hybridized carbons (Fsp3) is 0.143. The van der Waals surface area contributed by atoms with Gasteiger partial charge in [-0.1, -0.05) is 60.7 Å². The Bertz CT molecular complexity index is 1760. The molecule has 0 spiro atoms. The van der Waals surface area contributed by atoms with Crippen LogP contribution in [0, 0.1) is 13.8 Å². The number of hydrogen-bond acceptors (Lipinski definition) is 8. The summed E-state index contributed by atoms with van der Waals surface area (Å²) in [6.45, 7) is 5.88. The van der Waals surface area contributed by atoms with Crippen LogP contribution in [0.2, 0.25) is 0 Å². The molecular weight excluding hydrogens is 543 g/mol. The second-order valence-electron chi connectivity index (χ2n) is 8.40. The Morgan fingerprint density at radius 3 is 1.62 bits per heavy atom. The average molecular weight is 569 g/mol. The van der Waals surface area contributed by atoms with Crippen LogP contribution in [0.1, 0.15) is 39.0 Å². The van der Waals surface area contributed by atoms with Crippen LogP contribution >= 0.6 is 22.7 Å². The normalized spacial score (nSPS) is 10.4. The van der Waals surface area contributed by atoms with E-state index >= 15 is 0 Å². The first-order valence-electron chi connectivity index (χ1n) is 11.9. The Hall–Kier alpha value is -3.72. The molecule has 0 saturated heterocycles. The van der Waals surface area contributed by atoms with Crippen molar-refractivity contribution < 1.29 is 43.8 Å². The number of esters is 1. The van der Waals surface area contributed by atoms with Gasteiger partial charge in [-0.2, -0.15) is 0 Å². The number of nitrogens with zero attached hydrogens (tertiary/aromatic N) is 2. The SMILES string of the molecule is CCOC(=O)c1[nH]c2nc(-c3ccccc3)sc2c1C.Cc1c(C(=O)O)[nH]c2nc(-c3ccccc3)sc12.[Li+].[OH-]. The molecule has 0 amide bonds. The first kappa shape index (κ1) is 30.8. The van der Waals surface area contributed by atoms with Gasteiger partial charge in [0.1, 0.15) is 32.7 Å². The first-order valence-corrected chi connectivity index (χ1v) is 13.5. The van der Waals surface area contributed by atoms with Crippen molar-refractivity contribution in [1.29, 1.82) is 0 Å². The molecular formula is C28H25LiN4O5S2. The number of aromatic nitrogens is 4. The van der Waals surface area contributed by atoms with E-state index in [4.69, 9.17) is 9.84 Å². The predicted octanol–water partition coefficient (Wildman–Crippen LogP) is 3.90. The number of aromatic amines is 2. The minimum absolute atomic E-state index is 0. The number of fused-ring (bicyclic) bond motifs is 2. The van der Waals surface area contributed by atoms with Crippen molar-refractivity contribution >= 4 is 55.3 Å². The average Bonchev–Trinajstić information content (AvgIpc) is 3.68. The molecule has 0 aliphatic carbocycles. The van der Waals surface area contributed by atoms with Crippen LogP contribution in [0.25, 0.3) is 41.8 Å². The van der Waals surface area contributed by atoms with E-state index in [-0.39, 0.29) is 36.0 Å². The van der Waals surface area contributed by atoms with Gasteiger partial charge in [0.25, 0.3) is 0 Å². The third kappa shape index (κ3) is 6.04. The van der Waals surface area contributed by atoms with Crippen LogP contribution < -0.4 is 18.9 Å². The molecule has 0 aliphatic heterocycles. The second-order valence-corrected chi connectivity index (χ2v) is 10.4. The maximum Gasteiger partial charge on any atom is 1.00 e. The second kappa shape index (κ2) is 13.1. The van der Waals surface area contributed by atoms with Crippen LogP contribution in [0.5, 0.6) is 0 Å². The number of aryl methyl sites for hydroxylation is 2. The molecule has 40 heavy (non-hydrogen) atoms. The molecule has 0 aliphatic rings. The molecule has 4 aromatic heterocycles. The quantitative estimate of drug-likeness (QED) is 0.211. The fourth-order valence-electron chi connectivity index (χ4n) is 4.00. The number of H-pyrrole nitrogens is 2. The minimum Gasteiger partial charge on any atom is -0.870 e. The number of ether oxygens (including phenoxy) is 1. The summed E-state index contributed by atoms with van der Waals surface area (Å²) in [6.07, 6.45) is 0. The summed E-state index contributed by atoms with van der Waals surface area (Å²) in [7, 11) is 0. The van der Waals surface area contributed by atoms with Gasteiger partial charge in [0, 0.05) is 22.3 Å². The maximum absolute atomic E-state index is 11.8. The van der Waals surface area contributed by atoms with Crippen molar-refractivity contribution in [3.8, 4) is 21.1 Å². The van der Waals surface area contributed by atoms with Gasteiger partial charge < -0.3 is 25.3 Å². The van der Waals surface area contributed by atoms with E-state index in [9.17, 15) is 9.59 Å². The molecule has 12 heteroatoms. The summed E-state index contributed by atoms with van der Waals surface area (Å²) in [6, 6.07) is 19.9. The number of aromatic carboxylic acids is 1. The van der Waals surface area contributed by atoms with E-state index in [1.54, 1.807) is 25.2 Å². The smallest absolute Gasteiger partial charge is 0.870 e. The molecule has 0 atom stereocenters. The number of carbonyl (C=O) groups excluding carboxylic acids is 1. The van der Waals surface area contributed by atoms with Crippen LogP contribution in [-0.4, -0.2) is 49.1 Å². The van der Waals surface area contributed by atoms with Crippen molar-refractivity contribution in [2.45, 2.75) is 20.8 Å². The van der Waals surface area contributed by atoms with E-state index in [2.05, 4.69) is 19.9 Å². The molecule has 0 unspecified atom stereocenters. The minimum atomic E-state index is -0.945. The monoisotopic (exact) mass is 568 g/mol. The van der Waals surface area contributed by atoms with Crippen molar-refractivity contribution in [1.82, 2.24) is 19.9 Å². The van der Waals surface area contributed by atoms with Crippen molar-refractivity contribution in [2.24, 2.45) is 0 Å². The topological polar surface area (TPSA) is 151 Å². The standard InChI is InChI=1S/C15H14N2O2S.C13H10N2O2S.Li.H2O/c1-3-19-15(18)11-9(2)12-13(16-11)17-14(20-12)10-7-5-4-6-8-10;1-7-9(13(16)17)14-11-10(7)18-12(15-11)8-5-3-2-4-6-8;;/h4-8,16H,3H2,1-2H3;2-6,14H,1H3,(H,16,17);;1H2/q;;+1;/p-1. The van der Waals surface area contributed by atoms with Gasteiger partial charge in [0.15, 0.2) is 0 Å². The molecule has 0 saturated carbocycles. The van der Waals surface area contributed by atoms with Gasteiger partial charge in [-0.3, -0.25) is 0 Å². The van der Waals surface area contributed by atoms with E-state index < -0.39 is 5.97 Å². The summed E-state index contributed by atoms with van der Waals surface area (Å²) in [5, 5.41) is 10.9. The molecule has 0 radical (unpaired) electrons. The van der Waals surface area contributed by atoms with E-state index in [0.29, 0.717) is 17.9 Å². The molecule has 6 aromatic rings. The number of carboxylic acid groups (broad SMARTS) is 1. The van der Waals surface area contributed by atoms with Gasteiger partial charge in [-0.05, 0) is 20.8 Å². The summed E-state index contributed by atoms with van der Waals surface area (Å²) >= 11 is 3.09. The first-order chi connectivity index (χ1) is 18.4. The Balaban J connectivity index is 0.000000211. The Morgan fingerprint density at radius 2 is 1.23 bits per heavy atom. The van der Waals surface area contributed by atoms with E-state index in [1.165, 1.54) is 11.3 Å². The molecule has 4 N–H and O–H groups in total. The molecule has 0 bridgehead atoms. The third-order valence-electron chi connectivity index (χ3n) is 5.91. The maximum atomic E-state index is 11.8. The van der Waals surface area contributed by atoms with Crippen LogP contribution in [0.4, 0.5) is 0 Å². The largest absolute Gasteiger partial charge is 1.00 e. The number of carboxylic acids is 1. The molecule has 0 fully saturated rings. The van der Waals surface area contributed by atoms with E-state index in [1.807, 2.05) is 67.6 Å². The van der Waals surface area contributed by atoms with Crippen LogP contribution in [0.15, 0.2) is 60.7 Å². The van der Waals surface area contributed by atoms with Crippen molar-refractivity contribution in [3.05, 3.63) is 83.2 Å². The summed E-state index contributed by atoms with van der Waals surface area (Å²) < 4.78 is 6.94. The third-order valence-corrected chi connectivity index (χ3v) is 8.36. The van der Waals surface area contributed by atoms with Gasteiger partial charge in [0.2, 0.25) is 0 Å². The Labute approximate surface area is 249 Å². The van der Waals surface area contributed by atoms with Gasteiger partial charge in [-0.25, -0.2) is 19.6 Å². The Morgan fingerprint density at radius 1 is 0.800 bits per heavy atom. The zero-order valence-electron chi connectivity index (χ0n) is 22.3. The van der Waals surface area contributed by atoms with Gasteiger partial charge >= 0.3 is 30.8 Å². The number of benzene rings is 2. The van der Waals surface area contributed by atoms with Crippen molar-refractivity contribution in [3.63, 3.8) is 0 Å². The number of nitrogens with one attached hydrogen (secondary N) is 2.